The van der Waals surface area contributed by atoms with Crippen LogP contribution >= 0.6 is 0 Å². The largest absolute Gasteiger partial charge is 0.508 e. The van der Waals surface area contributed by atoms with Gasteiger partial charge in [-0.05, 0) is 37.4 Å². The maximum absolute atomic E-state index is 9.16. The minimum Gasteiger partial charge on any atom is -0.508 e. The molecule has 0 aliphatic carbocycles. The maximum atomic E-state index is 9.16. The van der Waals surface area contributed by atoms with Gasteiger partial charge < -0.3 is 14.9 Å². The van der Waals surface area contributed by atoms with Crippen molar-refractivity contribution in [2.45, 2.75) is 0 Å². The molecule has 0 radical (unpaired) electrons. The summed E-state index contributed by atoms with van der Waals surface area (Å²) in [5, 5.41) is 9.16. The predicted octanol–water partition coefficient (Wildman–Crippen LogP) is 1.31. The molecule has 1 N–H and O–H groups in total. The second-order valence-corrected chi connectivity index (χ2v) is 3.62. The SMILES string of the molecule is [CH2-]N1CCN(c2ccc(O)cc2)CC1. The number of hydrogen-bond donors (Lipinski definition) is 1. The first-order chi connectivity index (χ1) is 6.75. The molecule has 1 saturated heterocycles. The van der Waals surface area contributed by atoms with Crippen LogP contribution in [0, 0.1) is 7.05 Å². The van der Waals surface area contributed by atoms with Crippen LogP contribution in [0.15, 0.2) is 24.3 Å². The van der Waals surface area contributed by atoms with Crippen molar-refractivity contribution >= 4 is 5.69 Å². The van der Waals surface area contributed by atoms with Crippen LogP contribution in [0.2, 0.25) is 0 Å². The third-order valence-electron chi connectivity index (χ3n) is 2.59. The highest BCUT2D eigenvalue weighted by atomic mass is 16.3. The summed E-state index contributed by atoms with van der Waals surface area (Å²) >= 11 is 0. The Labute approximate surface area is 84.6 Å². The highest BCUT2D eigenvalue weighted by Gasteiger charge is 2.10. The first kappa shape index (κ1) is 9.34. The number of anilines is 1. The molecule has 1 aliphatic heterocycles. The van der Waals surface area contributed by atoms with Gasteiger partial charge in [0.2, 0.25) is 0 Å². The average molecular weight is 191 g/mol. The monoisotopic (exact) mass is 191 g/mol. The van der Waals surface area contributed by atoms with Crippen molar-refractivity contribution in [2.24, 2.45) is 0 Å². The van der Waals surface area contributed by atoms with E-state index in [1.807, 2.05) is 12.1 Å². The number of hydrogen-bond acceptors (Lipinski definition) is 3. The predicted molar refractivity (Wildman–Crippen MR) is 57.2 cm³/mol. The van der Waals surface area contributed by atoms with E-state index in [9.17, 15) is 0 Å². The molecule has 3 heteroatoms. The van der Waals surface area contributed by atoms with E-state index in [0.717, 1.165) is 26.2 Å². The first-order valence-electron chi connectivity index (χ1n) is 4.85. The highest BCUT2D eigenvalue weighted by molar-refractivity contribution is 5.49. The minimum atomic E-state index is 0.324. The quantitative estimate of drug-likeness (QED) is 0.678. The first-order valence-corrected chi connectivity index (χ1v) is 4.85. The van der Waals surface area contributed by atoms with E-state index >= 15 is 0 Å². The normalized spacial score (nSPS) is 18.5. The Morgan fingerprint density at radius 1 is 1.00 bits per heavy atom. The summed E-state index contributed by atoms with van der Waals surface area (Å²) < 4.78 is 0. The van der Waals surface area contributed by atoms with Crippen molar-refractivity contribution in [1.82, 2.24) is 4.90 Å². The molecule has 1 aliphatic rings. The Balaban J connectivity index is 2.05. The van der Waals surface area contributed by atoms with Gasteiger partial charge in [0.25, 0.3) is 0 Å². The number of aromatic hydroxyl groups is 1. The van der Waals surface area contributed by atoms with Crippen molar-refractivity contribution in [3.05, 3.63) is 31.3 Å². The van der Waals surface area contributed by atoms with Crippen molar-refractivity contribution in [2.75, 3.05) is 31.1 Å². The molecule has 3 nitrogen and oxygen atoms in total. The van der Waals surface area contributed by atoms with Gasteiger partial charge in [-0.15, -0.1) is 0 Å². The average Bonchev–Trinajstić information content (AvgIpc) is 2.21. The van der Waals surface area contributed by atoms with Crippen LogP contribution in [0.25, 0.3) is 0 Å². The number of rotatable bonds is 1. The molecule has 1 fully saturated rings. The highest BCUT2D eigenvalue weighted by Crippen LogP contribution is 2.19. The second kappa shape index (κ2) is 3.88. The summed E-state index contributed by atoms with van der Waals surface area (Å²) in [5.74, 6) is 0.324. The molecule has 14 heavy (non-hydrogen) atoms. The van der Waals surface area contributed by atoms with E-state index in [0.29, 0.717) is 5.75 Å². The van der Waals surface area contributed by atoms with Gasteiger partial charge in [0.1, 0.15) is 5.75 Å². The smallest absolute Gasteiger partial charge is 0.115 e. The standard InChI is InChI=1S/C11H15N2O/c1-12-6-8-13(9-7-12)10-2-4-11(14)5-3-10/h2-5,14H,1,6-9H2/q-1. The fourth-order valence-electron chi connectivity index (χ4n) is 1.67. The number of benzene rings is 1. The number of piperazine rings is 1. The van der Waals surface area contributed by atoms with Crippen LogP contribution < -0.4 is 4.90 Å². The molecule has 0 saturated carbocycles. The third kappa shape index (κ3) is 1.99. The Morgan fingerprint density at radius 3 is 2.14 bits per heavy atom. The minimum absolute atomic E-state index is 0.324. The molecule has 76 valence electrons. The molecule has 1 aromatic rings. The van der Waals surface area contributed by atoms with E-state index in [1.54, 1.807) is 12.1 Å². The molecule has 1 aromatic carbocycles. The van der Waals surface area contributed by atoms with E-state index < -0.39 is 0 Å². The van der Waals surface area contributed by atoms with Crippen LogP contribution in [0.4, 0.5) is 5.69 Å². The maximum Gasteiger partial charge on any atom is 0.115 e. The van der Waals surface area contributed by atoms with Crippen LogP contribution in [0.3, 0.4) is 0 Å². The van der Waals surface area contributed by atoms with Crippen molar-refractivity contribution in [1.29, 1.82) is 0 Å². The summed E-state index contributed by atoms with van der Waals surface area (Å²) in [5.41, 5.74) is 1.18. The van der Waals surface area contributed by atoms with Crippen molar-refractivity contribution in [3.63, 3.8) is 0 Å². The fourth-order valence-corrected chi connectivity index (χ4v) is 1.67. The van der Waals surface area contributed by atoms with Gasteiger partial charge in [-0.1, -0.05) is 0 Å². The molecule has 0 amide bonds. The van der Waals surface area contributed by atoms with Crippen LogP contribution in [0.5, 0.6) is 5.75 Å². The number of phenolic OH excluding ortho intramolecular Hbond substituents is 1. The van der Waals surface area contributed by atoms with Gasteiger partial charge >= 0.3 is 0 Å². The summed E-state index contributed by atoms with van der Waals surface area (Å²) in [4.78, 5) is 4.39. The lowest BCUT2D eigenvalue weighted by atomic mass is 10.2. The van der Waals surface area contributed by atoms with E-state index in [-0.39, 0.29) is 0 Å². The molecule has 2 rings (SSSR count). The lowest BCUT2D eigenvalue weighted by Gasteiger charge is -2.38. The van der Waals surface area contributed by atoms with E-state index in [1.165, 1.54) is 5.69 Å². The second-order valence-electron chi connectivity index (χ2n) is 3.62. The van der Waals surface area contributed by atoms with Gasteiger partial charge in [0, 0.05) is 18.8 Å². The Bertz CT molecular complexity index is 289. The molecule has 1 heterocycles. The topological polar surface area (TPSA) is 26.7 Å². The molecule has 0 atom stereocenters. The lowest BCUT2D eigenvalue weighted by molar-refractivity contribution is 0.344. The molecule has 0 aromatic heterocycles. The Kier molecular flexibility index (Phi) is 2.59. The Hall–Kier alpha value is -1.22. The number of phenols is 1. The van der Waals surface area contributed by atoms with Gasteiger partial charge in [-0.2, -0.15) is 0 Å². The van der Waals surface area contributed by atoms with Gasteiger partial charge in [-0.25, -0.2) is 0 Å². The van der Waals surface area contributed by atoms with Crippen LogP contribution in [-0.4, -0.2) is 36.2 Å². The Morgan fingerprint density at radius 2 is 1.57 bits per heavy atom. The molecule has 0 bridgehead atoms. The third-order valence-corrected chi connectivity index (χ3v) is 2.59. The van der Waals surface area contributed by atoms with Gasteiger partial charge in [0.15, 0.2) is 0 Å². The fraction of sp³-hybridized carbons (Fsp3) is 0.364. The van der Waals surface area contributed by atoms with Crippen LogP contribution in [0.1, 0.15) is 0 Å². The zero-order valence-corrected chi connectivity index (χ0v) is 8.19. The summed E-state index contributed by atoms with van der Waals surface area (Å²) in [7, 11) is 3.91. The van der Waals surface area contributed by atoms with Crippen molar-refractivity contribution in [3.8, 4) is 5.75 Å². The summed E-state index contributed by atoms with van der Waals surface area (Å²) in [6.07, 6.45) is 0. The van der Waals surface area contributed by atoms with Gasteiger partial charge in [-0.3, -0.25) is 7.05 Å². The summed E-state index contributed by atoms with van der Waals surface area (Å²) in [6, 6.07) is 7.36. The van der Waals surface area contributed by atoms with E-state index in [4.69, 9.17) is 5.11 Å². The zero-order chi connectivity index (χ0) is 9.97. The van der Waals surface area contributed by atoms with Crippen molar-refractivity contribution < 1.29 is 5.11 Å². The molecular weight excluding hydrogens is 176 g/mol. The zero-order valence-electron chi connectivity index (χ0n) is 8.19. The van der Waals surface area contributed by atoms with Crippen LogP contribution in [-0.2, 0) is 0 Å². The molecular formula is C11H15N2O-. The number of nitrogens with zero attached hydrogens (tertiary/aromatic N) is 2. The molecule has 0 unspecified atom stereocenters. The summed E-state index contributed by atoms with van der Waals surface area (Å²) in [6.45, 7) is 4.02. The van der Waals surface area contributed by atoms with E-state index in [2.05, 4.69) is 16.8 Å². The van der Waals surface area contributed by atoms with Gasteiger partial charge in [0.05, 0.1) is 0 Å². The lowest BCUT2D eigenvalue weighted by Crippen LogP contribution is -2.43. The molecule has 0 spiro atoms.